The number of anilines is 2. The van der Waals surface area contributed by atoms with E-state index >= 15 is 0 Å². The van der Waals surface area contributed by atoms with Gasteiger partial charge in [-0.15, -0.1) is 0 Å². The smallest absolute Gasteiger partial charge is 0.409 e. The van der Waals surface area contributed by atoms with Gasteiger partial charge in [0, 0.05) is 51.1 Å². The molecule has 0 bridgehead atoms. The molecule has 1 aliphatic rings. The Morgan fingerprint density at radius 1 is 1.09 bits per heavy atom. The summed E-state index contributed by atoms with van der Waals surface area (Å²) in [5, 5.41) is 5.18. The molecule has 0 spiro atoms. The molecule has 0 atom stereocenters. The summed E-state index contributed by atoms with van der Waals surface area (Å²) in [6.45, 7) is 4.98. The second-order valence-corrected chi connectivity index (χ2v) is 7.42. The molecule has 3 rings (SSSR count). The largest absolute Gasteiger partial charge is 0.447 e. The first-order valence-corrected chi connectivity index (χ1v) is 10.4. The number of methoxy groups -OCH3 is 1. The number of hydrogen-bond acceptors (Lipinski definition) is 6. The predicted molar refractivity (Wildman–Crippen MR) is 118 cm³/mol. The van der Waals surface area contributed by atoms with Gasteiger partial charge in [-0.1, -0.05) is 12.1 Å². The van der Waals surface area contributed by atoms with Gasteiger partial charge in [0.1, 0.15) is 6.61 Å². The third kappa shape index (κ3) is 6.63. The number of pyridine rings is 1. The van der Waals surface area contributed by atoms with Crippen LogP contribution in [0.5, 0.6) is 0 Å². The summed E-state index contributed by atoms with van der Waals surface area (Å²) >= 11 is 0. The number of amides is 3. The number of urea groups is 1. The van der Waals surface area contributed by atoms with Crippen molar-refractivity contribution in [2.24, 2.45) is 0 Å². The van der Waals surface area contributed by atoms with E-state index in [0.717, 1.165) is 5.69 Å². The number of aryl methyl sites for hydroxylation is 1. The van der Waals surface area contributed by atoms with Crippen molar-refractivity contribution in [3.63, 3.8) is 0 Å². The van der Waals surface area contributed by atoms with Crippen LogP contribution in [0.3, 0.4) is 0 Å². The molecular weight excluding hydrogens is 417 g/mol. The molecule has 2 N–H and O–H groups in total. The predicted octanol–water partition coefficient (Wildman–Crippen LogP) is 3.07. The molecule has 2 aromatic rings. The number of ether oxygens (including phenoxy) is 2. The number of carbonyl (C=O) groups excluding carboxylic acids is 2. The Morgan fingerprint density at radius 2 is 1.88 bits per heavy atom. The van der Waals surface area contributed by atoms with Gasteiger partial charge in [-0.25, -0.2) is 14.0 Å². The van der Waals surface area contributed by atoms with Gasteiger partial charge >= 0.3 is 12.1 Å². The lowest BCUT2D eigenvalue weighted by Gasteiger charge is -2.34. The molecule has 1 aromatic carbocycles. The van der Waals surface area contributed by atoms with Crippen LogP contribution in [-0.4, -0.2) is 73.4 Å². The third-order valence-electron chi connectivity index (χ3n) is 5.03. The van der Waals surface area contributed by atoms with E-state index in [1.165, 1.54) is 12.3 Å². The first kappa shape index (κ1) is 23.4. The van der Waals surface area contributed by atoms with Crippen LogP contribution < -0.4 is 10.6 Å². The van der Waals surface area contributed by atoms with Crippen molar-refractivity contribution in [1.29, 1.82) is 0 Å². The van der Waals surface area contributed by atoms with Gasteiger partial charge in [-0.05, 0) is 25.1 Å². The van der Waals surface area contributed by atoms with Gasteiger partial charge in [0.25, 0.3) is 0 Å². The molecule has 9 nitrogen and oxygen atoms in total. The maximum Gasteiger partial charge on any atom is 0.409 e. The Labute approximate surface area is 186 Å². The number of nitrogens with zero attached hydrogens (tertiary/aromatic N) is 3. The molecule has 1 aliphatic heterocycles. The van der Waals surface area contributed by atoms with Crippen LogP contribution in [0.1, 0.15) is 11.3 Å². The topological polar surface area (TPSA) is 96.0 Å². The minimum atomic E-state index is -0.549. The lowest BCUT2D eigenvalue weighted by atomic mass is 10.1. The van der Waals surface area contributed by atoms with Crippen LogP contribution >= 0.6 is 0 Å². The second-order valence-electron chi connectivity index (χ2n) is 7.42. The summed E-state index contributed by atoms with van der Waals surface area (Å²) in [5.74, 6) is -0.480. The molecule has 1 fully saturated rings. The Kier molecular flexibility index (Phi) is 8.34. The number of piperazine rings is 1. The van der Waals surface area contributed by atoms with E-state index in [9.17, 15) is 14.0 Å². The highest BCUT2D eigenvalue weighted by atomic mass is 19.1. The highest BCUT2D eigenvalue weighted by Gasteiger charge is 2.23. The fourth-order valence-corrected chi connectivity index (χ4v) is 3.26. The molecule has 32 heavy (non-hydrogen) atoms. The molecular formula is C22H28FN5O4. The van der Waals surface area contributed by atoms with Crippen LogP contribution in [0.25, 0.3) is 0 Å². The fourth-order valence-electron chi connectivity index (χ4n) is 3.26. The maximum atomic E-state index is 15.0. The SMILES string of the molecule is COCCOC(=O)N1CCN(Cc2cccc(NC(=O)Nc3ccc(C)nc3)c2F)CC1. The summed E-state index contributed by atoms with van der Waals surface area (Å²) in [7, 11) is 1.55. The van der Waals surface area contributed by atoms with E-state index < -0.39 is 11.8 Å². The number of benzene rings is 1. The summed E-state index contributed by atoms with van der Waals surface area (Å²) in [6, 6.07) is 7.85. The zero-order valence-corrected chi connectivity index (χ0v) is 18.3. The van der Waals surface area contributed by atoms with E-state index in [1.807, 2.05) is 6.92 Å². The van der Waals surface area contributed by atoms with Gasteiger partial charge in [-0.3, -0.25) is 9.88 Å². The Morgan fingerprint density at radius 3 is 2.56 bits per heavy atom. The Bertz CT molecular complexity index is 917. The third-order valence-corrected chi connectivity index (χ3v) is 5.03. The average Bonchev–Trinajstić information content (AvgIpc) is 2.78. The van der Waals surface area contributed by atoms with E-state index in [0.29, 0.717) is 50.6 Å². The molecule has 0 saturated carbocycles. The Hall–Kier alpha value is -3.24. The van der Waals surface area contributed by atoms with E-state index in [1.54, 1.807) is 36.3 Å². The van der Waals surface area contributed by atoms with Gasteiger partial charge < -0.3 is 25.0 Å². The zero-order chi connectivity index (χ0) is 22.9. The van der Waals surface area contributed by atoms with Crippen molar-refractivity contribution in [1.82, 2.24) is 14.8 Å². The lowest BCUT2D eigenvalue weighted by Crippen LogP contribution is -2.48. The van der Waals surface area contributed by atoms with Crippen molar-refractivity contribution in [3.8, 4) is 0 Å². The van der Waals surface area contributed by atoms with Crippen LogP contribution in [-0.2, 0) is 16.0 Å². The molecule has 1 saturated heterocycles. The second kappa shape index (κ2) is 11.4. The monoisotopic (exact) mass is 445 g/mol. The number of nitrogens with one attached hydrogen (secondary N) is 2. The maximum absolute atomic E-state index is 15.0. The molecule has 0 aliphatic carbocycles. The number of halogens is 1. The van der Waals surface area contributed by atoms with E-state index in [-0.39, 0.29) is 18.4 Å². The number of aromatic nitrogens is 1. The van der Waals surface area contributed by atoms with Gasteiger partial charge in [0.15, 0.2) is 5.82 Å². The van der Waals surface area contributed by atoms with Crippen molar-refractivity contribution in [3.05, 3.63) is 53.6 Å². The quantitative estimate of drug-likeness (QED) is 0.636. The van der Waals surface area contributed by atoms with Crippen LogP contribution in [0, 0.1) is 12.7 Å². The van der Waals surface area contributed by atoms with Gasteiger partial charge in [0.2, 0.25) is 0 Å². The van der Waals surface area contributed by atoms with Crippen LogP contribution in [0.15, 0.2) is 36.5 Å². The van der Waals surface area contributed by atoms with Crippen LogP contribution in [0.4, 0.5) is 25.4 Å². The highest BCUT2D eigenvalue weighted by molar-refractivity contribution is 5.99. The molecule has 3 amide bonds. The first-order valence-electron chi connectivity index (χ1n) is 10.4. The number of hydrogen-bond donors (Lipinski definition) is 2. The molecule has 10 heteroatoms. The lowest BCUT2D eigenvalue weighted by molar-refractivity contribution is 0.0550. The summed E-state index contributed by atoms with van der Waals surface area (Å²) < 4.78 is 25.0. The fraction of sp³-hybridized carbons (Fsp3) is 0.409. The summed E-state index contributed by atoms with van der Waals surface area (Å²) in [6.07, 6.45) is 1.17. The molecule has 172 valence electrons. The average molecular weight is 445 g/mol. The van der Waals surface area contributed by atoms with Gasteiger partial charge in [-0.2, -0.15) is 0 Å². The number of carbonyl (C=O) groups is 2. The van der Waals surface area contributed by atoms with Gasteiger partial charge in [0.05, 0.1) is 24.2 Å². The first-order chi connectivity index (χ1) is 15.5. The van der Waals surface area contributed by atoms with Crippen molar-refractivity contribution >= 4 is 23.5 Å². The number of rotatable bonds is 7. The van der Waals surface area contributed by atoms with Crippen molar-refractivity contribution in [2.45, 2.75) is 13.5 Å². The highest BCUT2D eigenvalue weighted by Crippen LogP contribution is 2.21. The minimum Gasteiger partial charge on any atom is -0.447 e. The van der Waals surface area contributed by atoms with E-state index in [4.69, 9.17) is 9.47 Å². The van der Waals surface area contributed by atoms with Crippen LogP contribution in [0.2, 0.25) is 0 Å². The standard InChI is InChI=1S/C22H28FN5O4/c1-16-6-7-18(14-24-16)25-21(29)26-19-5-3-4-17(20(19)23)15-27-8-10-28(11-9-27)22(30)32-13-12-31-2/h3-7,14H,8-13,15H2,1-2H3,(H2,25,26,29). The molecule has 0 radical (unpaired) electrons. The van der Waals surface area contributed by atoms with E-state index in [2.05, 4.69) is 20.5 Å². The zero-order valence-electron chi connectivity index (χ0n) is 18.3. The minimum absolute atomic E-state index is 0.0976. The molecule has 1 aromatic heterocycles. The summed E-state index contributed by atoms with van der Waals surface area (Å²) in [4.78, 5) is 32.0. The molecule has 2 heterocycles. The normalized spacial score (nSPS) is 14.2. The summed E-state index contributed by atoms with van der Waals surface area (Å²) in [5.41, 5.74) is 1.91. The van der Waals surface area contributed by atoms with Crippen molar-refractivity contribution < 1.29 is 23.5 Å². The Balaban J connectivity index is 1.51. The molecule has 0 unspecified atom stereocenters. The van der Waals surface area contributed by atoms with Crippen molar-refractivity contribution in [2.75, 3.05) is 57.1 Å².